The minimum atomic E-state index is -0.371. The highest BCUT2D eigenvalue weighted by Crippen LogP contribution is 2.21. The van der Waals surface area contributed by atoms with Gasteiger partial charge in [0.05, 0.1) is 6.10 Å². The van der Waals surface area contributed by atoms with Crippen molar-refractivity contribution in [3.63, 3.8) is 0 Å². The van der Waals surface area contributed by atoms with Gasteiger partial charge in [0, 0.05) is 36.7 Å². The highest BCUT2D eigenvalue weighted by Gasteiger charge is 2.21. The van der Waals surface area contributed by atoms with Gasteiger partial charge in [-0.3, -0.25) is 4.90 Å². The topological polar surface area (TPSA) is 26.7 Å². The number of hydrogen-bond acceptors (Lipinski definition) is 3. The lowest BCUT2D eigenvalue weighted by atomic mass is 10.1. The summed E-state index contributed by atoms with van der Waals surface area (Å²) in [5.74, 6) is 0. The molecule has 2 unspecified atom stereocenters. The van der Waals surface area contributed by atoms with Crippen LogP contribution in [0.4, 0.5) is 0 Å². The fraction of sp³-hybridized carbons (Fsp3) is 0.600. The summed E-state index contributed by atoms with van der Waals surface area (Å²) in [5.41, 5.74) is 0.996. The van der Waals surface area contributed by atoms with Gasteiger partial charge in [0.2, 0.25) is 0 Å². The first-order chi connectivity index (χ1) is 9.06. The van der Waals surface area contributed by atoms with E-state index in [1.807, 2.05) is 24.3 Å². The van der Waals surface area contributed by atoms with E-state index in [0.29, 0.717) is 6.04 Å². The SMILES string of the molecule is CC1CN(C)CCN1CCC(O)c1cccc(Br)c1. The first kappa shape index (κ1) is 15.0. The second kappa shape index (κ2) is 6.84. The Balaban J connectivity index is 1.85. The molecule has 0 radical (unpaired) electrons. The summed E-state index contributed by atoms with van der Waals surface area (Å²) < 4.78 is 1.03. The average molecular weight is 327 g/mol. The molecule has 1 aromatic carbocycles. The quantitative estimate of drug-likeness (QED) is 0.921. The van der Waals surface area contributed by atoms with E-state index in [2.05, 4.69) is 39.7 Å². The number of benzene rings is 1. The molecule has 0 saturated carbocycles. The zero-order valence-corrected chi connectivity index (χ0v) is 13.3. The van der Waals surface area contributed by atoms with E-state index in [4.69, 9.17) is 0 Å². The summed E-state index contributed by atoms with van der Waals surface area (Å²) in [6, 6.07) is 8.52. The molecule has 2 rings (SSSR count). The third-order valence-electron chi connectivity index (χ3n) is 3.89. The van der Waals surface area contributed by atoms with E-state index in [1.165, 1.54) is 0 Å². The van der Waals surface area contributed by atoms with Crippen LogP contribution in [0.25, 0.3) is 0 Å². The first-order valence-electron chi connectivity index (χ1n) is 6.92. The van der Waals surface area contributed by atoms with Crippen LogP contribution >= 0.6 is 15.9 Å². The molecule has 1 fully saturated rings. The normalized spacial score (nSPS) is 23.5. The highest BCUT2D eigenvalue weighted by atomic mass is 79.9. The minimum Gasteiger partial charge on any atom is -0.388 e. The lowest BCUT2D eigenvalue weighted by Gasteiger charge is -2.38. The van der Waals surface area contributed by atoms with Crippen molar-refractivity contribution in [2.45, 2.75) is 25.5 Å². The maximum atomic E-state index is 10.3. The number of likely N-dealkylation sites (N-methyl/N-ethyl adjacent to an activating group) is 1. The third-order valence-corrected chi connectivity index (χ3v) is 4.38. The fourth-order valence-corrected chi connectivity index (χ4v) is 3.10. The molecule has 0 bridgehead atoms. The van der Waals surface area contributed by atoms with Crippen molar-refractivity contribution < 1.29 is 5.11 Å². The van der Waals surface area contributed by atoms with Crippen molar-refractivity contribution in [1.82, 2.24) is 9.80 Å². The Morgan fingerprint density at radius 1 is 1.42 bits per heavy atom. The maximum Gasteiger partial charge on any atom is 0.0802 e. The Morgan fingerprint density at radius 3 is 2.89 bits per heavy atom. The lowest BCUT2D eigenvalue weighted by molar-refractivity contribution is 0.0770. The molecule has 1 N–H and O–H groups in total. The van der Waals surface area contributed by atoms with Crippen LogP contribution in [0.2, 0.25) is 0 Å². The first-order valence-corrected chi connectivity index (χ1v) is 7.71. The van der Waals surface area contributed by atoms with Gasteiger partial charge in [0.25, 0.3) is 0 Å². The number of rotatable bonds is 4. The van der Waals surface area contributed by atoms with E-state index in [1.54, 1.807) is 0 Å². The smallest absolute Gasteiger partial charge is 0.0802 e. The number of aliphatic hydroxyl groups is 1. The minimum absolute atomic E-state index is 0.371. The van der Waals surface area contributed by atoms with Gasteiger partial charge in [0.1, 0.15) is 0 Å². The zero-order chi connectivity index (χ0) is 13.8. The molecule has 4 heteroatoms. The average Bonchev–Trinajstić information content (AvgIpc) is 2.37. The standard InChI is InChI=1S/C15H23BrN2O/c1-12-11-17(2)8-9-18(12)7-6-15(19)13-4-3-5-14(16)10-13/h3-5,10,12,15,19H,6-9,11H2,1-2H3. The van der Waals surface area contributed by atoms with Gasteiger partial charge in [-0.05, 0) is 38.1 Å². The van der Waals surface area contributed by atoms with Gasteiger partial charge in [-0.2, -0.15) is 0 Å². The highest BCUT2D eigenvalue weighted by molar-refractivity contribution is 9.10. The van der Waals surface area contributed by atoms with Gasteiger partial charge >= 0.3 is 0 Å². The van der Waals surface area contributed by atoms with Crippen LogP contribution in [-0.4, -0.2) is 54.2 Å². The van der Waals surface area contributed by atoms with Gasteiger partial charge in [-0.1, -0.05) is 28.1 Å². The Labute approximate surface area is 124 Å². The van der Waals surface area contributed by atoms with E-state index in [-0.39, 0.29) is 6.10 Å². The number of piperazine rings is 1. The van der Waals surface area contributed by atoms with Crippen molar-refractivity contribution in [2.75, 3.05) is 33.2 Å². The monoisotopic (exact) mass is 326 g/mol. The molecule has 0 amide bonds. The summed E-state index contributed by atoms with van der Waals surface area (Å²) in [6.45, 7) is 6.57. The summed E-state index contributed by atoms with van der Waals surface area (Å²) >= 11 is 3.45. The summed E-state index contributed by atoms with van der Waals surface area (Å²) in [4.78, 5) is 4.84. The van der Waals surface area contributed by atoms with Crippen LogP contribution < -0.4 is 0 Å². The van der Waals surface area contributed by atoms with Gasteiger partial charge < -0.3 is 10.0 Å². The lowest BCUT2D eigenvalue weighted by Crippen LogP contribution is -2.50. The van der Waals surface area contributed by atoms with Crippen molar-refractivity contribution in [2.24, 2.45) is 0 Å². The predicted octanol–water partition coefficient (Wildman–Crippen LogP) is 2.51. The van der Waals surface area contributed by atoms with Crippen molar-refractivity contribution in [3.8, 4) is 0 Å². The number of halogens is 1. The van der Waals surface area contributed by atoms with Crippen molar-refractivity contribution >= 4 is 15.9 Å². The molecule has 1 aliphatic rings. The number of aliphatic hydroxyl groups excluding tert-OH is 1. The zero-order valence-electron chi connectivity index (χ0n) is 11.7. The summed E-state index contributed by atoms with van der Waals surface area (Å²) in [5, 5.41) is 10.3. The molecule has 1 heterocycles. The van der Waals surface area contributed by atoms with Crippen LogP contribution in [0.1, 0.15) is 25.0 Å². The molecule has 106 valence electrons. The Morgan fingerprint density at radius 2 is 2.21 bits per heavy atom. The number of nitrogens with zero attached hydrogens (tertiary/aromatic N) is 2. The molecular weight excluding hydrogens is 304 g/mol. The molecule has 1 aromatic rings. The Hall–Kier alpha value is -0.420. The predicted molar refractivity (Wildman–Crippen MR) is 82.3 cm³/mol. The van der Waals surface area contributed by atoms with Crippen LogP contribution in [0.15, 0.2) is 28.7 Å². The summed E-state index contributed by atoms with van der Waals surface area (Å²) in [6.07, 6.45) is 0.425. The largest absolute Gasteiger partial charge is 0.388 e. The molecule has 1 saturated heterocycles. The number of hydrogen-bond donors (Lipinski definition) is 1. The third kappa shape index (κ3) is 4.28. The second-order valence-corrected chi connectivity index (χ2v) is 6.42. The van der Waals surface area contributed by atoms with E-state index < -0.39 is 0 Å². The molecule has 1 aliphatic heterocycles. The van der Waals surface area contributed by atoms with Crippen molar-refractivity contribution in [1.29, 1.82) is 0 Å². The molecule has 2 atom stereocenters. The molecule has 0 aromatic heterocycles. The van der Waals surface area contributed by atoms with Gasteiger partial charge in [0.15, 0.2) is 0 Å². The van der Waals surface area contributed by atoms with Gasteiger partial charge in [-0.15, -0.1) is 0 Å². The fourth-order valence-electron chi connectivity index (χ4n) is 2.68. The Bertz CT molecular complexity index is 413. The summed E-state index contributed by atoms with van der Waals surface area (Å²) in [7, 11) is 2.17. The van der Waals surface area contributed by atoms with E-state index in [9.17, 15) is 5.11 Å². The van der Waals surface area contributed by atoms with Crippen LogP contribution in [0, 0.1) is 0 Å². The maximum absolute atomic E-state index is 10.3. The molecule has 3 nitrogen and oxygen atoms in total. The molecule has 19 heavy (non-hydrogen) atoms. The van der Waals surface area contributed by atoms with E-state index in [0.717, 1.165) is 42.6 Å². The molecule has 0 aliphatic carbocycles. The van der Waals surface area contributed by atoms with E-state index >= 15 is 0 Å². The molecular formula is C15H23BrN2O. The second-order valence-electron chi connectivity index (χ2n) is 5.51. The molecule has 0 spiro atoms. The van der Waals surface area contributed by atoms with Crippen LogP contribution in [-0.2, 0) is 0 Å². The van der Waals surface area contributed by atoms with Gasteiger partial charge in [-0.25, -0.2) is 0 Å². The van der Waals surface area contributed by atoms with Crippen molar-refractivity contribution in [3.05, 3.63) is 34.3 Å². The van der Waals surface area contributed by atoms with Crippen LogP contribution in [0.5, 0.6) is 0 Å². The Kier molecular flexibility index (Phi) is 5.39. The van der Waals surface area contributed by atoms with Crippen LogP contribution in [0.3, 0.4) is 0 Å².